The fraction of sp³-hybridized carbons (Fsp3) is 0.227. The van der Waals surface area contributed by atoms with Crippen LogP contribution < -0.4 is 21.4 Å². The Hall–Kier alpha value is -3.33. The quantitative estimate of drug-likeness (QED) is 0.596. The highest BCUT2D eigenvalue weighted by atomic mass is 32.2. The van der Waals surface area contributed by atoms with Crippen LogP contribution in [0.15, 0.2) is 56.7 Å². The van der Waals surface area contributed by atoms with Crippen LogP contribution >= 0.6 is 11.8 Å². The first kappa shape index (κ1) is 20.9. The molecule has 0 bridgehead atoms. The highest BCUT2D eigenvalue weighted by Gasteiger charge is 2.32. The molecule has 31 heavy (non-hydrogen) atoms. The molecular weight excluding hydrogens is 421 g/mol. The van der Waals surface area contributed by atoms with Gasteiger partial charge in [0, 0.05) is 22.4 Å². The molecule has 9 heteroatoms. The lowest BCUT2D eigenvalue weighted by atomic mass is 9.89. The summed E-state index contributed by atoms with van der Waals surface area (Å²) >= 11 is 1.42. The number of aliphatic imine (C=N–C) groups is 1. The number of methoxy groups -OCH3 is 1. The third-order valence-corrected chi connectivity index (χ3v) is 5.98. The van der Waals surface area contributed by atoms with Gasteiger partial charge in [-0.05, 0) is 43.7 Å². The lowest BCUT2D eigenvalue weighted by Crippen LogP contribution is -2.30. The number of carbonyl (C=O) groups is 1. The molecule has 7 nitrogen and oxygen atoms in total. The summed E-state index contributed by atoms with van der Waals surface area (Å²) < 4.78 is 25.1. The minimum Gasteiger partial charge on any atom is -0.493 e. The molecule has 1 unspecified atom stereocenters. The summed E-state index contributed by atoms with van der Waals surface area (Å²) in [6, 6.07) is 10.7. The average Bonchev–Trinajstić information content (AvgIpc) is 2.74. The van der Waals surface area contributed by atoms with Crippen LogP contribution in [0, 0.1) is 5.82 Å². The van der Waals surface area contributed by atoms with Crippen molar-refractivity contribution in [2.24, 2.45) is 10.7 Å². The summed E-state index contributed by atoms with van der Waals surface area (Å²) in [6.07, 6.45) is 0.600. The van der Waals surface area contributed by atoms with Crippen molar-refractivity contribution < 1.29 is 18.3 Å². The maximum absolute atomic E-state index is 14.6. The number of amides is 1. The summed E-state index contributed by atoms with van der Waals surface area (Å²) in [5, 5.41) is 3.58. The molecule has 1 aromatic heterocycles. The van der Waals surface area contributed by atoms with Crippen molar-refractivity contribution in [1.29, 1.82) is 0 Å². The standard InChI is InChI=1S/C22H20FN3O4S/c1-22(8-9-31-21(24)26-22)15-11-13(6-7-16(15)23)25-19(27)14-10-12-4-3-5-17(29-2)18(12)30-20(14)28/h3-7,10-11H,8-9H2,1-2H3,(H2,24,26)(H,25,27). The summed E-state index contributed by atoms with van der Waals surface area (Å²) in [5.74, 6) is -0.00295. The first-order valence-corrected chi connectivity index (χ1v) is 10.5. The van der Waals surface area contributed by atoms with Gasteiger partial charge in [-0.25, -0.2) is 9.18 Å². The van der Waals surface area contributed by atoms with Crippen molar-refractivity contribution in [3.63, 3.8) is 0 Å². The molecule has 0 fully saturated rings. The van der Waals surface area contributed by atoms with E-state index in [9.17, 15) is 14.0 Å². The molecule has 0 saturated heterocycles. The Morgan fingerprint density at radius 1 is 1.32 bits per heavy atom. The smallest absolute Gasteiger partial charge is 0.349 e. The maximum Gasteiger partial charge on any atom is 0.349 e. The molecule has 4 rings (SSSR count). The average molecular weight is 441 g/mol. The van der Waals surface area contributed by atoms with E-state index in [4.69, 9.17) is 14.9 Å². The Balaban J connectivity index is 1.67. The van der Waals surface area contributed by atoms with Gasteiger partial charge in [0.05, 0.1) is 12.6 Å². The molecule has 0 aliphatic carbocycles. The Bertz CT molecular complexity index is 1270. The topological polar surface area (TPSA) is 107 Å². The van der Waals surface area contributed by atoms with Gasteiger partial charge in [-0.15, -0.1) is 0 Å². The SMILES string of the molecule is COc1cccc2cc(C(=O)Nc3ccc(F)c(C4(C)CCSC(N)=N4)c3)c(=O)oc12. The molecule has 0 radical (unpaired) electrons. The van der Waals surface area contributed by atoms with Crippen molar-refractivity contribution >= 4 is 39.5 Å². The second-order valence-corrected chi connectivity index (χ2v) is 8.41. The van der Waals surface area contributed by atoms with Crippen LogP contribution in [0.2, 0.25) is 0 Å². The number of halogens is 1. The van der Waals surface area contributed by atoms with Crippen molar-refractivity contribution in [3.8, 4) is 5.75 Å². The lowest BCUT2D eigenvalue weighted by Gasteiger charge is -2.30. The number of hydrogen-bond acceptors (Lipinski definition) is 7. The molecule has 1 atom stereocenters. The fourth-order valence-corrected chi connectivity index (χ4v) is 4.51. The number of para-hydroxylation sites is 1. The number of nitrogens with two attached hydrogens (primary N) is 1. The molecule has 1 aliphatic heterocycles. The molecular formula is C22H20FN3O4S. The maximum atomic E-state index is 14.6. The van der Waals surface area contributed by atoms with Gasteiger partial charge >= 0.3 is 5.63 Å². The van der Waals surface area contributed by atoms with Gasteiger partial charge < -0.3 is 20.2 Å². The highest BCUT2D eigenvalue weighted by molar-refractivity contribution is 8.13. The normalized spacial score (nSPS) is 18.5. The number of nitrogens with one attached hydrogen (secondary N) is 1. The number of hydrogen-bond donors (Lipinski definition) is 2. The molecule has 0 spiro atoms. The molecule has 3 N–H and O–H groups in total. The molecule has 2 heterocycles. The third kappa shape index (κ3) is 4.00. The first-order chi connectivity index (χ1) is 14.8. The number of rotatable bonds is 4. The predicted molar refractivity (Wildman–Crippen MR) is 119 cm³/mol. The largest absolute Gasteiger partial charge is 0.493 e. The number of ether oxygens (including phenoxy) is 1. The van der Waals surface area contributed by atoms with Gasteiger partial charge in [0.2, 0.25) is 0 Å². The molecule has 1 aliphatic rings. The number of nitrogens with zero attached hydrogens (tertiary/aromatic N) is 1. The summed E-state index contributed by atoms with van der Waals surface area (Å²) in [6.45, 7) is 1.80. The van der Waals surface area contributed by atoms with Crippen LogP contribution in [0.3, 0.4) is 0 Å². The Morgan fingerprint density at radius 3 is 2.87 bits per heavy atom. The van der Waals surface area contributed by atoms with Crippen LogP contribution in [-0.2, 0) is 5.54 Å². The lowest BCUT2D eigenvalue weighted by molar-refractivity contribution is 0.102. The van der Waals surface area contributed by atoms with Crippen LogP contribution in [0.4, 0.5) is 10.1 Å². The Kier molecular flexibility index (Phi) is 5.45. The zero-order valence-corrected chi connectivity index (χ0v) is 17.7. The number of benzene rings is 2. The van der Waals surface area contributed by atoms with E-state index in [0.717, 1.165) is 0 Å². The number of amidine groups is 1. The molecule has 3 aromatic rings. The van der Waals surface area contributed by atoms with Crippen LogP contribution in [0.1, 0.15) is 29.3 Å². The van der Waals surface area contributed by atoms with Gasteiger partial charge in [0.15, 0.2) is 16.5 Å². The second kappa shape index (κ2) is 8.07. The zero-order chi connectivity index (χ0) is 22.2. The number of fused-ring (bicyclic) bond motifs is 1. The van der Waals surface area contributed by atoms with Gasteiger partial charge in [-0.3, -0.25) is 9.79 Å². The Labute approximate surface area is 181 Å². The van der Waals surface area contributed by atoms with Crippen molar-refractivity contribution in [1.82, 2.24) is 0 Å². The number of thioether (sulfide) groups is 1. The zero-order valence-electron chi connectivity index (χ0n) is 16.9. The van der Waals surface area contributed by atoms with Crippen molar-refractivity contribution in [3.05, 3.63) is 69.8 Å². The van der Waals surface area contributed by atoms with Crippen LogP contribution in [0.25, 0.3) is 11.0 Å². The molecule has 1 amide bonds. The van der Waals surface area contributed by atoms with E-state index < -0.39 is 22.9 Å². The van der Waals surface area contributed by atoms with Gasteiger partial charge in [-0.2, -0.15) is 0 Å². The first-order valence-electron chi connectivity index (χ1n) is 9.51. The molecule has 2 aromatic carbocycles. The van der Waals surface area contributed by atoms with E-state index in [1.54, 1.807) is 25.1 Å². The predicted octanol–water partition coefficient (Wildman–Crippen LogP) is 3.86. The van der Waals surface area contributed by atoms with Gasteiger partial charge in [0.1, 0.15) is 11.4 Å². The van der Waals surface area contributed by atoms with E-state index in [2.05, 4.69) is 10.3 Å². The van der Waals surface area contributed by atoms with E-state index in [1.807, 2.05) is 0 Å². The fourth-order valence-electron chi connectivity index (χ4n) is 3.53. The van der Waals surface area contributed by atoms with Crippen molar-refractivity contribution in [2.75, 3.05) is 18.2 Å². The van der Waals surface area contributed by atoms with Gasteiger partial charge in [0.25, 0.3) is 5.91 Å². The van der Waals surface area contributed by atoms with E-state index in [0.29, 0.717) is 39.7 Å². The molecule has 160 valence electrons. The summed E-state index contributed by atoms with van der Waals surface area (Å²) in [4.78, 5) is 29.6. The second-order valence-electron chi connectivity index (χ2n) is 7.30. The minimum absolute atomic E-state index is 0.172. The number of anilines is 1. The highest BCUT2D eigenvalue weighted by Crippen LogP contribution is 2.37. The summed E-state index contributed by atoms with van der Waals surface area (Å²) in [7, 11) is 1.46. The van der Waals surface area contributed by atoms with Crippen LogP contribution in [-0.4, -0.2) is 23.9 Å². The Morgan fingerprint density at radius 2 is 2.13 bits per heavy atom. The van der Waals surface area contributed by atoms with Crippen molar-refractivity contribution in [2.45, 2.75) is 18.9 Å². The van der Waals surface area contributed by atoms with Crippen LogP contribution in [0.5, 0.6) is 5.75 Å². The monoisotopic (exact) mass is 441 g/mol. The van der Waals surface area contributed by atoms with E-state index in [1.165, 1.54) is 43.1 Å². The van der Waals surface area contributed by atoms with E-state index in [-0.39, 0.29) is 11.1 Å². The molecule has 0 saturated carbocycles. The van der Waals surface area contributed by atoms with E-state index >= 15 is 0 Å². The number of carbonyl (C=O) groups excluding carboxylic acids is 1. The van der Waals surface area contributed by atoms with Gasteiger partial charge in [-0.1, -0.05) is 23.9 Å². The third-order valence-electron chi connectivity index (χ3n) is 5.19. The minimum atomic E-state index is -0.835. The summed E-state index contributed by atoms with van der Waals surface area (Å²) in [5.41, 5.74) is 4.95.